The Morgan fingerprint density at radius 3 is 2.42 bits per heavy atom. The summed E-state index contributed by atoms with van der Waals surface area (Å²) in [4.78, 5) is 18.9. The van der Waals surface area contributed by atoms with Gasteiger partial charge in [0.15, 0.2) is 0 Å². The maximum atomic E-state index is 13.0. The number of rotatable bonds is 5. The molecule has 0 unspecified atom stereocenters. The number of carbonyl (C=O) groups excluding carboxylic acids is 1. The first kappa shape index (κ1) is 18.1. The number of fused-ring (bicyclic) bond motifs is 1. The van der Waals surface area contributed by atoms with Gasteiger partial charge < -0.3 is 9.47 Å². The Morgan fingerprint density at radius 2 is 1.77 bits per heavy atom. The van der Waals surface area contributed by atoms with Crippen LogP contribution in [0.15, 0.2) is 53.7 Å². The third kappa shape index (κ3) is 3.35. The highest BCUT2D eigenvalue weighted by atomic mass is 32.2. The quantitative estimate of drug-likeness (QED) is 0.691. The monoisotopic (exact) mass is 371 g/mol. The first-order valence-corrected chi connectivity index (χ1v) is 10.2. The van der Waals surface area contributed by atoms with Gasteiger partial charge in [0.2, 0.25) is 20.9 Å². The minimum atomic E-state index is -3.57. The average Bonchev–Trinajstić information content (AvgIpc) is 2.96. The fourth-order valence-corrected chi connectivity index (χ4v) is 3.88. The number of para-hydroxylation sites is 3. The van der Waals surface area contributed by atoms with Gasteiger partial charge in [-0.3, -0.25) is 4.79 Å². The molecule has 0 saturated heterocycles. The van der Waals surface area contributed by atoms with Crippen molar-refractivity contribution in [3.8, 4) is 0 Å². The molecule has 26 heavy (non-hydrogen) atoms. The van der Waals surface area contributed by atoms with Crippen molar-refractivity contribution < 1.29 is 13.2 Å². The van der Waals surface area contributed by atoms with E-state index in [1.807, 2.05) is 38.1 Å². The van der Waals surface area contributed by atoms with Crippen LogP contribution in [-0.2, 0) is 21.2 Å². The first-order chi connectivity index (χ1) is 12.3. The standard InChI is InChI=1S/C19H21N3O3S/c1-4-21(16-11-7-5-9-14(16)2)18(23)13-22-17-12-8-6-10-15(17)20-19(22)26(3,24)25/h5-12H,4,13H2,1-3H3. The SMILES string of the molecule is CCN(C(=O)Cn1c(S(C)(=O)=O)nc2ccccc21)c1ccccc1C. The van der Waals surface area contributed by atoms with Gasteiger partial charge >= 0.3 is 0 Å². The van der Waals surface area contributed by atoms with E-state index < -0.39 is 9.84 Å². The summed E-state index contributed by atoms with van der Waals surface area (Å²) < 4.78 is 25.8. The van der Waals surface area contributed by atoms with Crippen molar-refractivity contribution in [1.82, 2.24) is 9.55 Å². The van der Waals surface area contributed by atoms with Gasteiger partial charge in [-0.25, -0.2) is 13.4 Å². The van der Waals surface area contributed by atoms with Gasteiger partial charge in [0, 0.05) is 18.5 Å². The van der Waals surface area contributed by atoms with Crippen LogP contribution in [0.1, 0.15) is 12.5 Å². The molecule has 0 saturated carbocycles. The van der Waals surface area contributed by atoms with Crippen LogP contribution in [0.4, 0.5) is 5.69 Å². The summed E-state index contributed by atoms with van der Waals surface area (Å²) in [6.45, 7) is 4.24. The molecule has 0 radical (unpaired) electrons. The van der Waals surface area contributed by atoms with Gasteiger partial charge in [0.1, 0.15) is 6.54 Å². The van der Waals surface area contributed by atoms with Crippen LogP contribution < -0.4 is 4.90 Å². The minimum Gasteiger partial charge on any atom is -0.311 e. The van der Waals surface area contributed by atoms with Gasteiger partial charge in [0.05, 0.1) is 11.0 Å². The number of sulfone groups is 1. The zero-order valence-corrected chi connectivity index (χ0v) is 15.8. The summed E-state index contributed by atoms with van der Waals surface area (Å²) in [5.41, 5.74) is 2.99. The van der Waals surface area contributed by atoms with Crippen molar-refractivity contribution in [2.75, 3.05) is 17.7 Å². The maximum absolute atomic E-state index is 13.0. The van der Waals surface area contributed by atoms with E-state index in [4.69, 9.17) is 0 Å². The van der Waals surface area contributed by atoms with Gasteiger partial charge in [-0.15, -0.1) is 0 Å². The highest BCUT2D eigenvalue weighted by molar-refractivity contribution is 7.90. The molecule has 2 aromatic carbocycles. The summed E-state index contributed by atoms with van der Waals surface area (Å²) in [5.74, 6) is -0.185. The molecule has 0 N–H and O–H groups in total. The summed E-state index contributed by atoms with van der Waals surface area (Å²) in [6, 6.07) is 14.7. The Bertz CT molecular complexity index is 1070. The number of carbonyl (C=O) groups is 1. The summed E-state index contributed by atoms with van der Waals surface area (Å²) in [7, 11) is -3.57. The van der Waals surface area contributed by atoms with Crippen LogP contribution in [-0.4, -0.2) is 36.7 Å². The van der Waals surface area contributed by atoms with E-state index in [9.17, 15) is 13.2 Å². The molecule has 0 bridgehead atoms. The molecule has 1 amide bonds. The van der Waals surface area contributed by atoms with E-state index in [1.54, 1.807) is 29.2 Å². The normalized spacial score (nSPS) is 11.7. The van der Waals surface area contributed by atoms with Crippen molar-refractivity contribution >= 4 is 32.5 Å². The Hall–Kier alpha value is -2.67. The average molecular weight is 371 g/mol. The largest absolute Gasteiger partial charge is 0.311 e. The lowest BCUT2D eigenvalue weighted by molar-refractivity contribution is -0.119. The number of nitrogens with zero attached hydrogens (tertiary/aromatic N) is 3. The summed E-state index contributed by atoms with van der Waals surface area (Å²) in [5, 5.41) is -0.0899. The molecule has 0 aliphatic heterocycles. The zero-order valence-electron chi connectivity index (χ0n) is 15.0. The smallest absolute Gasteiger partial charge is 0.247 e. The van der Waals surface area contributed by atoms with Crippen molar-refractivity contribution in [3.05, 3.63) is 54.1 Å². The molecule has 6 nitrogen and oxygen atoms in total. The lowest BCUT2D eigenvalue weighted by Crippen LogP contribution is -2.34. The van der Waals surface area contributed by atoms with E-state index in [2.05, 4.69) is 4.98 Å². The second-order valence-corrected chi connectivity index (χ2v) is 8.08. The van der Waals surface area contributed by atoms with E-state index in [0.717, 1.165) is 17.5 Å². The molecular weight excluding hydrogens is 350 g/mol. The molecule has 0 aliphatic carbocycles. The molecule has 136 valence electrons. The van der Waals surface area contributed by atoms with E-state index >= 15 is 0 Å². The van der Waals surface area contributed by atoms with Crippen molar-refractivity contribution in [1.29, 1.82) is 0 Å². The fraction of sp³-hybridized carbons (Fsp3) is 0.263. The lowest BCUT2D eigenvalue weighted by Gasteiger charge is -2.23. The van der Waals surface area contributed by atoms with Crippen LogP contribution in [0, 0.1) is 6.92 Å². The van der Waals surface area contributed by atoms with Gasteiger partial charge in [0.25, 0.3) is 0 Å². The minimum absolute atomic E-state index is 0.0899. The van der Waals surface area contributed by atoms with Gasteiger partial charge in [-0.05, 0) is 37.6 Å². The molecule has 3 aromatic rings. The Kier molecular flexibility index (Phi) is 4.82. The Balaban J connectivity index is 2.05. The topological polar surface area (TPSA) is 72.3 Å². The van der Waals surface area contributed by atoms with Crippen LogP contribution in [0.2, 0.25) is 0 Å². The van der Waals surface area contributed by atoms with Crippen LogP contribution >= 0.6 is 0 Å². The molecular formula is C19H21N3O3S. The van der Waals surface area contributed by atoms with E-state index in [0.29, 0.717) is 17.6 Å². The molecule has 1 aromatic heterocycles. The number of hydrogen-bond donors (Lipinski definition) is 0. The Labute approximate surface area is 153 Å². The number of hydrogen-bond acceptors (Lipinski definition) is 4. The maximum Gasteiger partial charge on any atom is 0.247 e. The molecule has 7 heteroatoms. The predicted molar refractivity (Wildman–Crippen MR) is 102 cm³/mol. The van der Waals surface area contributed by atoms with E-state index in [1.165, 1.54) is 4.57 Å². The van der Waals surface area contributed by atoms with Crippen molar-refractivity contribution in [2.45, 2.75) is 25.5 Å². The predicted octanol–water partition coefficient (Wildman–Crippen LogP) is 2.80. The molecule has 0 fully saturated rings. The second kappa shape index (κ2) is 6.92. The van der Waals surface area contributed by atoms with Crippen LogP contribution in [0.3, 0.4) is 0 Å². The lowest BCUT2D eigenvalue weighted by atomic mass is 10.2. The number of likely N-dealkylation sites (N-methyl/N-ethyl adjacent to an activating group) is 1. The number of benzene rings is 2. The number of aryl methyl sites for hydroxylation is 1. The first-order valence-electron chi connectivity index (χ1n) is 8.34. The van der Waals surface area contributed by atoms with Gasteiger partial charge in [-0.1, -0.05) is 30.3 Å². The number of imidazole rings is 1. The third-order valence-corrected chi connectivity index (χ3v) is 5.24. The van der Waals surface area contributed by atoms with E-state index in [-0.39, 0.29) is 17.6 Å². The van der Waals surface area contributed by atoms with Crippen LogP contribution in [0.5, 0.6) is 0 Å². The molecule has 1 heterocycles. The number of anilines is 1. The van der Waals surface area contributed by atoms with Crippen molar-refractivity contribution in [3.63, 3.8) is 0 Å². The number of aromatic nitrogens is 2. The third-order valence-electron chi connectivity index (χ3n) is 4.27. The highest BCUT2D eigenvalue weighted by Gasteiger charge is 2.23. The zero-order chi connectivity index (χ0) is 18.9. The summed E-state index contributed by atoms with van der Waals surface area (Å²) >= 11 is 0. The molecule has 3 rings (SSSR count). The molecule has 0 spiro atoms. The molecule has 0 atom stereocenters. The summed E-state index contributed by atoms with van der Waals surface area (Å²) in [6.07, 6.45) is 1.11. The number of amides is 1. The van der Waals surface area contributed by atoms with Crippen LogP contribution in [0.25, 0.3) is 11.0 Å². The molecule has 0 aliphatic rings. The van der Waals surface area contributed by atoms with Gasteiger partial charge in [-0.2, -0.15) is 0 Å². The second-order valence-electron chi connectivity index (χ2n) is 6.17. The van der Waals surface area contributed by atoms with Crippen molar-refractivity contribution in [2.24, 2.45) is 0 Å². The Morgan fingerprint density at radius 1 is 1.12 bits per heavy atom. The highest BCUT2D eigenvalue weighted by Crippen LogP contribution is 2.23. The fourth-order valence-electron chi connectivity index (χ4n) is 3.06.